The number of aromatic amines is 1. The van der Waals surface area contributed by atoms with Crippen molar-refractivity contribution in [1.29, 1.82) is 0 Å². The first kappa shape index (κ1) is 22.0. The van der Waals surface area contributed by atoms with Crippen molar-refractivity contribution in [3.8, 4) is 11.4 Å². The largest absolute Gasteiger partial charge is 0.416 e. The van der Waals surface area contributed by atoms with E-state index in [2.05, 4.69) is 20.6 Å². The van der Waals surface area contributed by atoms with Crippen molar-refractivity contribution in [2.24, 2.45) is 5.73 Å². The third-order valence-corrected chi connectivity index (χ3v) is 3.17. The zero-order valence-corrected chi connectivity index (χ0v) is 15.4. The Morgan fingerprint density at radius 1 is 1.23 bits per heavy atom. The molecule has 146 valence electrons. The van der Waals surface area contributed by atoms with Crippen LogP contribution in [0.2, 0.25) is 0 Å². The molecule has 0 bridgehead atoms. The summed E-state index contributed by atoms with van der Waals surface area (Å²) in [6.45, 7) is 7.87. The van der Waals surface area contributed by atoms with Crippen LogP contribution in [0.25, 0.3) is 11.4 Å². The van der Waals surface area contributed by atoms with Gasteiger partial charge in [-0.3, -0.25) is 0 Å². The van der Waals surface area contributed by atoms with Crippen LogP contribution in [0, 0.1) is 0 Å². The number of nitrogens with two attached hydrogens (primary N) is 1. The Labute approximate surface area is 151 Å². The highest BCUT2D eigenvalue weighted by atomic mass is 19.4. The van der Waals surface area contributed by atoms with Crippen molar-refractivity contribution < 1.29 is 18.3 Å². The molecule has 6 nitrogen and oxygen atoms in total. The number of rotatable bonds is 5. The third-order valence-electron chi connectivity index (χ3n) is 3.17. The van der Waals surface area contributed by atoms with Crippen LogP contribution < -0.4 is 5.73 Å². The molecule has 2 rings (SSSR count). The van der Waals surface area contributed by atoms with Crippen molar-refractivity contribution in [3.63, 3.8) is 0 Å². The zero-order valence-electron chi connectivity index (χ0n) is 15.4. The summed E-state index contributed by atoms with van der Waals surface area (Å²) in [7, 11) is 0. The SMILES string of the molecule is CC(C)(C)N.CCCCC(O)c1ccc(C(F)(F)F)cc1-c1nnn[nH]1. The van der Waals surface area contributed by atoms with Crippen LogP contribution in [-0.2, 0) is 6.18 Å². The molecule has 0 saturated heterocycles. The Hall–Kier alpha value is -2.00. The summed E-state index contributed by atoms with van der Waals surface area (Å²) < 4.78 is 38.5. The van der Waals surface area contributed by atoms with Crippen molar-refractivity contribution in [2.75, 3.05) is 0 Å². The number of halogens is 3. The summed E-state index contributed by atoms with van der Waals surface area (Å²) in [5.41, 5.74) is 5.10. The molecule has 4 N–H and O–H groups in total. The van der Waals surface area contributed by atoms with Crippen LogP contribution >= 0.6 is 0 Å². The van der Waals surface area contributed by atoms with Gasteiger partial charge in [0.1, 0.15) is 0 Å². The lowest BCUT2D eigenvalue weighted by atomic mass is 9.96. The van der Waals surface area contributed by atoms with E-state index in [1.165, 1.54) is 6.07 Å². The van der Waals surface area contributed by atoms with Gasteiger partial charge in [0.15, 0.2) is 5.82 Å². The summed E-state index contributed by atoms with van der Waals surface area (Å²) in [5, 5.41) is 23.0. The predicted octanol–water partition coefficient (Wildman–Crippen LogP) is 3.85. The van der Waals surface area contributed by atoms with Crippen molar-refractivity contribution in [1.82, 2.24) is 20.6 Å². The number of nitrogens with zero attached hydrogens (tertiary/aromatic N) is 3. The summed E-state index contributed by atoms with van der Waals surface area (Å²) in [6.07, 6.45) is -3.19. The normalized spacial score (nSPS) is 13.1. The number of unbranched alkanes of at least 4 members (excludes halogenated alkanes) is 1. The fraction of sp³-hybridized carbons (Fsp3) is 0.588. The standard InChI is InChI=1S/C13H15F3N4O.C4H11N/c1-2-3-4-11(21)9-6-5-8(13(14,15)16)7-10(9)12-17-19-20-18-12;1-4(2,3)5/h5-7,11,21H,2-4H2,1H3,(H,17,18,19,20);5H2,1-3H3. The van der Waals surface area contributed by atoms with E-state index < -0.39 is 17.8 Å². The van der Waals surface area contributed by atoms with Gasteiger partial charge >= 0.3 is 6.18 Å². The lowest BCUT2D eigenvalue weighted by Gasteiger charge is -2.16. The molecule has 9 heteroatoms. The lowest BCUT2D eigenvalue weighted by Crippen LogP contribution is -2.26. The quantitative estimate of drug-likeness (QED) is 0.739. The number of aromatic nitrogens is 4. The second-order valence-corrected chi connectivity index (χ2v) is 7.07. The van der Waals surface area contributed by atoms with Gasteiger partial charge in [0.25, 0.3) is 0 Å². The molecule has 1 heterocycles. The minimum absolute atomic E-state index is 0. The summed E-state index contributed by atoms with van der Waals surface area (Å²) in [4.78, 5) is 0. The molecule has 0 spiro atoms. The zero-order chi connectivity index (χ0) is 20.0. The van der Waals surface area contributed by atoms with Crippen LogP contribution in [-0.4, -0.2) is 31.3 Å². The van der Waals surface area contributed by atoms with Gasteiger partial charge < -0.3 is 10.8 Å². The van der Waals surface area contributed by atoms with Gasteiger partial charge in [-0.1, -0.05) is 25.8 Å². The molecular weight excluding hydrogens is 347 g/mol. The van der Waals surface area contributed by atoms with Crippen molar-refractivity contribution in [3.05, 3.63) is 29.3 Å². The Morgan fingerprint density at radius 2 is 1.85 bits per heavy atom. The number of H-pyrrole nitrogens is 1. The second kappa shape index (κ2) is 9.09. The lowest BCUT2D eigenvalue weighted by molar-refractivity contribution is -0.137. The van der Waals surface area contributed by atoms with Crippen molar-refractivity contribution in [2.45, 2.75) is 64.8 Å². The summed E-state index contributed by atoms with van der Waals surface area (Å²) in [5.74, 6) is 0.103. The monoisotopic (exact) mass is 373 g/mol. The van der Waals surface area contributed by atoms with E-state index in [0.717, 1.165) is 25.0 Å². The van der Waals surface area contributed by atoms with E-state index in [4.69, 9.17) is 5.73 Å². The number of benzene rings is 1. The van der Waals surface area contributed by atoms with Gasteiger partial charge in [0.2, 0.25) is 0 Å². The molecule has 0 saturated carbocycles. The molecule has 1 unspecified atom stereocenters. The average Bonchev–Trinajstić information content (AvgIpc) is 3.03. The molecule has 0 aliphatic rings. The minimum atomic E-state index is -4.46. The van der Waals surface area contributed by atoms with E-state index >= 15 is 0 Å². The Kier molecular flexibility index (Phi) is 7.70. The van der Waals surface area contributed by atoms with Crippen LogP contribution in [0.4, 0.5) is 13.2 Å². The first-order valence-corrected chi connectivity index (χ1v) is 8.35. The smallest absolute Gasteiger partial charge is 0.388 e. The summed E-state index contributed by atoms with van der Waals surface area (Å²) in [6, 6.07) is 3.19. The van der Waals surface area contributed by atoms with E-state index in [1.807, 2.05) is 27.7 Å². The number of tetrazole rings is 1. The van der Waals surface area contributed by atoms with Crippen LogP contribution in [0.5, 0.6) is 0 Å². The second-order valence-electron chi connectivity index (χ2n) is 7.07. The number of aliphatic hydroxyl groups is 1. The number of nitrogens with one attached hydrogen (secondary N) is 1. The molecule has 0 radical (unpaired) electrons. The van der Waals surface area contributed by atoms with E-state index in [1.54, 1.807) is 0 Å². The van der Waals surface area contributed by atoms with Gasteiger partial charge in [0, 0.05) is 11.1 Å². The van der Waals surface area contributed by atoms with E-state index in [0.29, 0.717) is 12.0 Å². The van der Waals surface area contributed by atoms with Crippen molar-refractivity contribution >= 4 is 0 Å². The molecule has 2 aromatic rings. The number of hydrogen-bond donors (Lipinski definition) is 3. The fourth-order valence-corrected chi connectivity index (χ4v) is 2.05. The molecule has 26 heavy (non-hydrogen) atoms. The van der Waals surface area contributed by atoms with Gasteiger partial charge in [-0.15, -0.1) is 5.10 Å². The number of hydrogen-bond acceptors (Lipinski definition) is 5. The van der Waals surface area contributed by atoms with Gasteiger partial charge in [-0.25, -0.2) is 5.10 Å². The molecule has 1 aromatic carbocycles. The first-order chi connectivity index (χ1) is 11.9. The van der Waals surface area contributed by atoms with Crippen LogP contribution in [0.15, 0.2) is 18.2 Å². The molecule has 0 amide bonds. The highest BCUT2D eigenvalue weighted by Crippen LogP contribution is 2.35. The van der Waals surface area contributed by atoms with Crippen LogP contribution in [0.3, 0.4) is 0 Å². The molecular formula is C17H26F3N5O. The Balaban J connectivity index is 0.000000597. The van der Waals surface area contributed by atoms with E-state index in [9.17, 15) is 18.3 Å². The van der Waals surface area contributed by atoms with Gasteiger partial charge in [-0.05, 0) is 55.3 Å². The Bertz CT molecular complexity index is 660. The third kappa shape index (κ3) is 7.49. The molecule has 0 aliphatic heterocycles. The topological polar surface area (TPSA) is 101 Å². The molecule has 0 aliphatic carbocycles. The molecule has 1 atom stereocenters. The molecule has 0 fully saturated rings. The maximum Gasteiger partial charge on any atom is 0.416 e. The summed E-state index contributed by atoms with van der Waals surface area (Å²) >= 11 is 0. The first-order valence-electron chi connectivity index (χ1n) is 8.35. The highest BCUT2D eigenvalue weighted by Gasteiger charge is 2.32. The average molecular weight is 373 g/mol. The van der Waals surface area contributed by atoms with Gasteiger partial charge in [-0.2, -0.15) is 13.2 Å². The number of aliphatic hydroxyl groups excluding tert-OH is 1. The maximum absolute atomic E-state index is 12.8. The number of alkyl halides is 3. The highest BCUT2D eigenvalue weighted by molar-refractivity contribution is 5.61. The molecule has 1 aromatic heterocycles. The fourth-order valence-electron chi connectivity index (χ4n) is 2.05. The maximum atomic E-state index is 12.8. The van der Waals surface area contributed by atoms with Gasteiger partial charge in [0.05, 0.1) is 11.7 Å². The minimum Gasteiger partial charge on any atom is -0.388 e. The van der Waals surface area contributed by atoms with E-state index in [-0.39, 0.29) is 16.9 Å². The Morgan fingerprint density at radius 3 is 2.31 bits per heavy atom. The predicted molar refractivity (Wildman–Crippen MR) is 93.0 cm³/mol. The van der Waals surface area contributed by atoms with Crippen LogP contribution in [0.1, 0.15) is 64.2 Å².